The molecule has 0 aliphatic rings. The zero-order valence-electron chi connectivity index (χ0n) is 2.80. The molecule has 0 aromatic heterocycles. The van der Waals surface area contributed by atoms with E-state index < -0.39 is 0 Å². The molecule has 0 aliphatic carbocycles. The van der Waals surface area contributed by atoms with E-state index in [9.17, 15) is 0 Å². The molecular weight excluding hydrogens is 86.9 g/mol. The van der Waals surface area contributed by atoms with Gasteiger partial charge < -0.3 is 0 Å². The average molecular weight is 89.9 g/mol. The van der Waals surface area contributed by atoms with Crippen molar-refractivity contribution in [2.24, 2.45) is 0 Å². The molecule has 0 saturated carbocycles. The summed E-state index contributed by atoms with van der Waals surface area (Å²) in [6.45, 7) is 0. The van der Waals surface area contributed by atoms with Gasteiger partial charge in [-0.1, -0.05) is 0 Å². The van der Waals surface area contributed by atoms with Gasteiger partial charge in [0.1, 0.15) is 0 Å². The molecular formula is CH3BO2S. The van der Waals surface area contributed by atoms with E-state index in [-0.39, 0.29) is 0 Å². The van der Waals surface area contributed by atoms with Gasteiger partial charge in [0.25, 0.3) is 0 Å². The van der Waals surface area contributed by atoms with Crippen LogP contribution in [0.25, 0.3) is 0 Å². The Morgan fingerprint density at radius 1 is 2.00 bits per heavy atom. The Hall–Kier alpha value is 0.0149. The molecule has 5 heavy (non-hydrogen) atoms. The fourth-order valence-corrected chi connectivity index (χ4v) is 0.118. The van der Waals surface area contributed by atoms with Crippen molar-refractivity contribution in [2.75, 3.05) is 6.26 Å². The molecule has 0 rings (SSSR count). The van der Waals surface area contributed by atoms with Gasteiger partial charge in [0.05, 0.1) is 0 Å². The van der Waals surface area contributed by atoms with Gasteiger partial charge in [0, 0.05) is 0 Å². The van der Waals surface area contributed by atoms with Crippen molar-refractivity contribution in [1.82, 2.24) is 0 Å². The van der Waals surface area contributed by atoms with Crippen molar-refractivity contribution >= 4 is 19.4 Å². The molecule has 0 radical (unpaired) electrons. The summed E-state index contributed by atoms with van der Waals surface area (Å²) in [5, 5.41) is 0. The van der Waals surface area contributed by atoms with Crippen LogP contribution in [0.5, 0.6) is 0 Å². The van der Waals surface area contributed by atoms with Crippen LogP contribution in [0.15, 0.2) is 0 Å². The van der Waals surface area contributed by atoms with Crippen molar-refractivity contribution < 1.29 is 8.81 Å². The quantitative estimate of drug-likeness (QED) is 0.359. The second kappa shape index (κ2) is 4.01. The van der Waals surface area contributed by atoms with Crippen LogP contribution in [0, 0.1) is 0 Å². The monoisotopic (exact) mass is 90.0 g/mol. The first-order valence-corrected chi connectivity index (χ1v) is 2.20. The number of hydrogen-bond donors (Lipinski definition) is 0. The Labute approximate surface area is 35.4 Å². The molecule has 0 bridgehead atoms. The molecule has 0 atom stereocenters. The maximum absolute atomic E-state index is 9.16. The number of rotatable bonds is 2. The molecule has 0 aromatic carbocycles. The third-order valence-electron chi connectivity index (χ3n) is 0.136. The van der Waals surface area contributed by atoms with Crippen LogP contribution in [0.3, 0.4) is 0 Å². The Bertz CT molecular complexity index is 30.8. The summed E-state index contributed by atoms with van der Waals surface area (Å²) >= 11 is 1.03. The second-order valence-corrected chi connectivity index (χ2v) is 0.885. The van der Waals surface area contributed by atoms with E-state index in [2.05, 4.69) is 4.10 Å². The molecule has 0 heterocycles. The van der Waals surface area contributed by atoms with Crippen LogP contribution < -0.4 is 0 Å². The standard InChI is InChI=1S/CH3BO2S/c1-5-4-2-3/h1H3. The molecule has 0 aliphatic heterocycles. The van der Waals surface area contributed by atoms with Crippen LogP contribution in [0.2, 0.25) is 0 Å². The van der Waals surface area contributed by atoms with Crippen LogP contribution in [0.4, 0.5) is 0 Å². The van der Waals surface area contributed by atoms with E-state index in [0.29, 0.717) is 7.35 Å². The maximum atomic E-state index is 9.16. The van der Waals surface area contributed by atoms with Crippen LogP contribution in [-0.2, 0) is 8.81 Å². The predicted octanol–water partition coefficient (Wildman–Crippen LogP) is 0.246. The minimum atomic E-state index is 0.394. The molecule has 4 heteroatoms. The summed E-state index contributed by atoms with van der Waals surface area (Å²) < 4.78 is 13.2. The Balaban J connectivity index is 2.40. The van der Waals surface area contributed by atoms with Gasteiger partial charge in [-0.2, -0.15) is 0 Å². The number of hydrogen-bond acceptors (Lipinski definition) is 3. The van der Waals surface area contributed by atoms with Gasteiger partial charge in [-0.25, -0.2) is 0 Å². The fraction of sp³-hybridized carbons (Fsp3) is 1.00. The Kier molecular flexibility index (Phi) is 4.03. The third kappa shape index (κ3) is 4.01. The zero-order valence-corrected chi connectivity index (χ0v) is 3.62. The Morgan fingerprint density at radius 3 is 2.60 bits per heavy atom. The molecule has 0 fully saturated rings. The molecule has 0 saturated heterocycles. The van der Waals surface area contributed by atoms with Crippen LogP contribution in [-0.4, -0.2) is 13.6 Å². The first-order valence-electron chi connectivity index (χ1n) is 1.05. The normalized spacial score (nSPS) is 5.80. The zero-order chi connectivity index (χ0) is 4.12. The summed E-state index contributed by atoms with van der Waals surface area (Å²) in [6.07, 6.45) is 1.68. The molecule has 0 N–H and O–H groups in total. The van der Waals surface area contributed by atoms with Gasteiger partial charge in [-0.15, -0.1) is 0 Å². The van der Waals surface area contributed by atoms with Crippen molar-refractivity contribution in [3.8, 4) is 0 Å². The van der Waals surface area contributed by atoms with Crippen LogP contribution >= 0.6 is 12.0 Å². The summed E-state index contributed by atoms with van der Waals surface area (Å²) in [5.41, 5.74) is 0. The van der Waals surface area contributed by atoms with E-state index in [0.717, 1.165) is 12.0 Å². The Morgan fingerprint density at radius 2 is 2.60 bits per heavy atom. The average Bonchev–Trinajstić information content (AvgIpc) is 1.41. The SMILES string of the molecule is CSOB=O. The molecule has 0 amide bonds. The second-order valence-electron chi connectivity index (χ2n) is 0.359. The van der Waals surface area contributed by atoms with Gasteiger partial charge >= 0.3 is 34.5 Å². The van der Waals surface area contributed by atoms with Crippen molar-refractivity contribution in [3.63, 3.8) is 0 Å². The minimum absolute atomic E-state index is 0.394. The van der Waals surface area contributed by atoms with Gasteiger partial charge in [0.2, 0.25) is 0 Å². The van der Waals surface area contributed by atoms with Gasteiger partial charge in [-0.3, -0.25) is 0 Å². The predicted molar refractivity (Wildman–Crippen MR) is 21.0 cm³/mol. The molecule has 0 aromatic rings. The van der Waals surface area contributed by atoms with E-state index >= 15 is 0 Å². The fourth-order valence-electron chi connectivity index (χ4n) is 0.0393. The van der Waals surface area contributed by atoms with Crippen molar-refractivity contribution in [1.29, 1.82) is 0 Å². The summed E-state index contributed by atoms with van der Waals surface area (Å²) in [6, 6.07) is 0. The van der Waals surface area contributed by atoms with Gasteiger partial charge in [0.15, 0.2) is 0 Å². The van der Waals surface area contributed by atoms with Gasteiger partial charge in [-0.05, 0) is 0 Å². The molecule has 0 unspecified atom stereocenters. The molecule has 0 spiro atoms. The van der Waals surface area contributed by atoms with Crippen LogP contribution in [0.1, 0.15) is 0 Å². The first kappa shape index (κ1) is 5.01. The van der Waals surface area contributed by atoms with E-state index in [1.165, 1.54) is 0 Å². The molecule has 2 nitrogen and oxygen atoms in total. The van der Waals surface area contributed by atoms with E-state index in [4.69, 9.17) is 4.70 Å². The van der Waals surface area contributed by atoms with E-state index in [1.807, 2.05) is 0 Å². The molecule has 28 valence electrons. The summed E-state index contributed by atoms with van der Waals surface area (Å²) in [7, 11) is 0.394. The van der Waals surface area contributed by atoms with E-state index in [1.54, 1.807) is 6.26 Å². The topological polar surface area (TPSA) is 26.3 Å². The van der Waals surface area contributed by atoms with Crippen molar-refractivity contribution in [3.05, 3.63) is 0 Å². The first-order chi connectivity index (χ1) is 2.41. The summed E-state index contributed by atoms with van der Waals surface area (Å²) in [5.74, 6) is 0. The third-order valence-corrected chi connectivity index (χ3v) is 0.407. The summed E-state index contributed by atoms with van der Waals surface area (Å²) in [4.78, 5) is 0. The van der Waals surface area contributed by atoms with Crippen molar-refractivity contribution in [2.45, 2.75) is 0 Å².